The number of hydrogen-bond donors (Lipinski definition) is 0. The molecule has 0 aliphatic carbocycles. The molecule has 0 aliphatic rings. The summed E-state index contributed by atoms with van der Waals surface area (Å²) in [6, 6.07) is 2.52. The van der Waals surface area contributed by atoms with E-state index >= 15 is 0 Å². The van der Waals surface area contributed by atoms with E-state index in [0.717, 1.165) is 6.07 Å². The highest BCUT2D eigenvalue weighted by Crippen LogP contribution is 2.30. The van der Waals surface area contributed by atoms with Crippen LogP contribution in [0.1, 0.15) is 11.3 Å². The standard InChI is InChI=1S/C8H4ClF3N2/c9-6-3-5(8(10,11)12)4-14-7(6)1-2-13/h3-4H,1H2. The largest absolute Gasteiger partial charge is 0.417 e. The van der Waals surface area contributed by atoms with Crippen LogP contribution in [0.2, 0.25) is 5.02 Å². The maximum absolute atomic E-state index is 12.1. The number of nitrogens with zero attached hydrogens (tertiary/aromatic N) is 2. The van der Waals surface area contributed by atoms with Crippen LogP contribution in [0, 0.1) is 11.3 Å². The van der Waals surface area contributed by atoms with E-state index in [2.05, 4.69) is 4.98 Å². The van der Waals surface area contributed by atoms with Gasteiger partial charge in [0.25, 0.3) is 0 Å². The van der Waals surface area contributed by atoms with Crippen molar-refractivity contribution in [1.29, 1.82) is 5.26 Å². The molecule has 0 spiro atoms. The van der Waals surface area contributed by atoms with Crippen LogP contribution in [0.25, 0.3) is 0 Å². The van der Waals surface area contributed by atoms with Gasteiger partial charge in [0, 0.05) is 6.20 Å². The summed E-state index contributed by atoms with van der Waals surface area (Å²) < 4.78 is 36.4. The van der Waals surface area contributed by atoms with Gasteiger partial charge in [0.2, 0.25) is 0 Å². The van der Waals surface area contributed by atoms with E-state index < -0.39 is 11.7 Å². The lowest BCUT2D eigenvalue weighted by molar-refractivity contribution is -0.137. The molecule has 0 amide bonds. The van der Waals surface area contributed by atoms with Gasteiger partial charge in [0.1, 0.15) is 0 Å². The highest BCUT2D eigenvalue weighted by atomic mass is 35.5. The number of alkyl halides is 3. The second kappa shape index (κ2) is 3.84. The van der Waals surface area contributed by atoms with E-state index in [1.165, 1.54) is 0 Å². The van der Waals surface area contributed by atoms with Gasteiger partial charge in [0.15, 0.2) is 0 Å². The first-order valence-corrected chi connectivity index (χ1v) is 3.91. The summed E-state index contributed by atoms with van der Waals surface area (Å²) in [5, 5.41) is 8.16. The molecule has 0 saturated carbocycles. The van der Waals surface area contributed by atoms with E-state index in [1.807, 2.05) is 0 Å². The van der Waals surface area contributed by atoms with Gasteiger partial charge in [-0.15, -0.1) is 0 Å². The first kappa shape index (κ1) is 10.8. The Kier molecular flexibility index (Phi) is 2.96. The number of pyridine rings is 1. The molecule has 0 unspecified atom stereocenters. The van der Waals surface area contributed by atoms with Crippen molar-refractivity contribution in [3.05, 3.63) is 28.5 Å². The minimum absolute atomic E-state index is 0.100. The highest BCUT2D eigenvalue weighted by Gasteiger charge is 2.31. The molecule has 0 atom stereocenters. The number of halogens is 4. The number of nitriles is 1. The summed E-state index contributed by atoms with van der Waals surface area (Å²) in [6.45, 7) is 0. The third-order valence-corrected chi connectivity index (χ3v) is 1.82. The van der Waals surface area contributed by atoms with Crippen LogP contribution in [-0.4, -0.2) is 4.98 Å². The average Bonchev–Trinajstić information content (AvgIpc) is 2.07. The topological polar surface area (TPSA) is 36.7 Å². The molecular weight excluding hydrogens is 217 g/mol. The SMILES string of the molecule is N#CCc1ncc(C(F)(F)F)cc1Cl. The molecule has 0 N–H and O–H groups in total. The monoisotopic (exact) mass is 220 g/mol. The summed E-state index contributed by atoms with van der Waals surface area (Å²) in [6.07, 6.45) is -3.89. The highest BCUT2D eigenvalue weighted by molar-refractivity contribution is 6.31. The molecule has 0 aliphatic heterocycles. The van der Waals surface area contributed by atoms with Gasteiger partial charge in [-0.2, -0.15) is 18.4 Å². The van der Waals surface area contributed by atoms with Crippen molar-refractivity contribution in [1.82, 2.24) is 4.98 Å². The van der Waals surface area contributed by atoms with Gasteiger partial charge in [0.05, 0.1) is 28.8 Å². The van der Waals surface area contributed by atoms with Gasteiger partial charge in [-0.05, 0) is 6.07 Å². The Hall–Kier alpha value is -1.28. The number of hydrogen-bond acceptors (Lipinski definition) is 2. The Bertz CT molecular complexity index is 381. The molecule has 0 fully saturated rings. The summed E-state index contributed by atoms with van der Waals surface area (Å²) >= 11 is 5.50. The Morgan fingerprint density at radius 3 is 2.57 bits per heavy atom. The number of rotatable bonds is 1. The maximum atomic E-state index is 12.1. The van der Waals surface area contributed by atoms with Crippen molar-refractivity contribution < 1.29 is 13.2 Å². The Balaban J connectivity index is 3.08. The van der Waals surface area contributed by atoms with Crippen LogP contribution in [0.5, 0.6) is 0 Å². The first-order valence-electron chi connectivity index (χ1n) is 3.53. The minimum atomic E-state index is -4.46. The normalized spacial score (nSPS) is 11.1. The zero-order chi connectivity index (χ0) is 10.8. The second-order valence-electron chi connectivity index (χ2n) is 2.49. The van der Waals surface area contributed by atoms with Crippen LogP contribution < -0.4 is 0 Å². The smallest absolute Gasteiger partial charge is 0.258 e. The van der Waals surface area contributed by atoms with Crippen molar-refractivity contribution in [2.24, 2.45) is 0 Å². The quantitative estimate of drug-likeness (QED) is 0.730. The molecule has 0 aromatic carbocycles. The summed E-state index contributed by atoms with van der Waals surface area (Å²) in [4.78, 5) is 3.46. The van der Waals surface area contributed by atoms with Gasteiger partial charge >= 0.3 is 6.18 Å². The molecule has 0 radical (unpaired) electrons. The van der Waals surface area contributed by atoms with Crippen molar-refractivity contribution in [3.8, 4) is 6.07 Å². The van der Waals surface area contributed by atoms with E-state index in [9.17, 15) is 13.2 Å². The third-order valence-electron chi connectivity index (χ3n) is 1.49. The molecule has 0 bridgehead atoms. The Morgan fingerprint density at radius 2 is 2.14 bits per heavy atom. The molecule has 6 heteroatoms. The van der Waals surface area contributed by atoms with Crippen molar-refractivity contribution >= 4 is 11.6 Å². The minimum Gasteiger partial charge on any atom is -0.258 e. The van der Waals surface area contributed by atoms with Crippen LogP contribution in [-0.2, 0) is 12.6 Å². The third kappa shape index (κ3) is 2.36. The van der Waals surface area contributed by atoms with Crippen molar-refractivity contribution in [3.63, 3.8) is 0 Å². The fraction of sp³-hybridized carbons (Fsp3) is 0.250. The fourth-order valence-electron chi connectivity index (χ4n) is 0.826. The molecule has 74 valence electrons. The summed E-state index contributed by atoms with van der Waals surface area (Å²) in [5.74, 6) is 0. The lowest BCUT2D eigenvalue weighted by Crippen LogP contribution is -2.06. The Morgan fingerprint density at radius 1 is 1.50 bits per heavy atom. The molecule has 0 saturated heterocycles. The lowest BCUT2D eigenvalue weighted by Gasteiger charge is -2.07. The van der Waals surface area contributed by atoms with Crippen LogP contribution in [0.3, 0.4) is 0 Å². The van der Waals surface area contributed by atoms with Crippen molar-refractivity contribution in [2.45, 2.75) is 12.6 Å². The molecule has 1 aromatic heterocycles. The summed E-state index contributed by atoms with van der Waals surface area (Å²) in [7, 11) is 0. The molecule has 14 heavy (non-hydrogen) atoms. The lowest BCUT2D eigenvalue weighted by atomic mass is 10.2. The molecule has 1 heterocycles. The van der Waals surface area contributed by atoms with E-state index in [0.29, 0.717) is 6.20 Å². The zero-order valence-electron chi connectivity index (χ0n) is 6.77. The maximum Gasteiger partial charge on any atom is 0.417 e. The van der Waals surface area contributed by atoms with Crippen LogP contribution in [0.15, 0.2) is 12.3 Å². The average molecular weight is 221 g/mol. The number of aromatic nitrogens is 1. The molecule has 1 aromatic rings. The van der Waals surface area contributed by atoms with Gasteiger partial charge in [-0.3, -0.25) is 4.98 Å². The predicted molar refractivity (Wildman–Crippen MR) is 43.6 cm³/mol. The van der Waals surface area contributed by atoms with Crippen LogP contribution in [0.4, 0.5) is 13.2 Å². The van der Waals surface area contributed by atoms with Gasteiger partial charge in [-0.25, -0.2) is 0 Å². The Labute approximate surface area is 82.9 Å². The summed E-state index contributed by atoms with van der Waals surface area (Å²) in [5.41, 5.74) is -0.758. The molecule has 1 rings (SSSR count). The van der Waals surface area contributed by atoms with Crippen molar-refractivity contribution in [2.75, 3.05) is 0 Å². The molecule has 2 nitrogen and oxygen atoms in total. The first-order chi connectivity index (χ1) is 6.45. The second-order valence-corrected chi connectivity index (χ2v) is 2.89. The predicted octanol–water partition coefficient (Wildman–Crippen LogP) is 2.82. The van der Waals surface area contributed by atoms with Gasteiger partial charge in [-0.1, -0.05) is 11.6 Å². The van der Waals surface area contributed by atoms with E-state index in [4.69, 9.17) is 16.9 Å². The molecular formula is C8H4ClF3N2. The fourth-order valence-corrected chi connectivity index (χ4v) is 1.06. The zero-order valence-corrected chi connectivity index (χ0v) is 7.52. The van der Waals surface area contributed by atoms with Crippen LogP contribution >= 0.6 is 11.6 Å². The van der Waals surface area contributed by atoms with E-state index in [1.54, 1.807) is 6.07 Å². The van der Waals surface area contributed by atoms with E-state index in [-0.39, 0.29) is 17.1 Å². The van der Waals surface area contributed by atoms with Gasteiger partial charge < -0.3 is 0 Å².